The van der Waals surface area contributed by atoms with Gasteiger partial charge in [0, 0.05) is 22.5 Å². The van der Waals surface area contributed by atoms with Crippen molar-refractivity contribution in [2.75, 3.05) is 16.8 Å². The largest absolute Gasteiger partial charge is 0.337 e. The van der Waals surface area contributed by atoms with Crippen LogP contribution in [0.4, 0.5) is 17.1 Å². The van der Waals surface area contributed by atoms with Gasteiger partial charge in [-0.25, -0.2) is 4.99 Å². The van der Waals surface area contributed by atoms with Gasteiger partial charge in [0.05, 0.1) is 22.1 Å². The van der Waals surface area contributed by atoms with E-state index in [9.17, 15) is 9.59 Å². The number of benzene rings is 3. The topological polar surface area (TPSA) is 53.0 Å². The number of nitrogens with zero attached hydrogens (tertiary/aromatic N) is 3. The van der Waals surface area contributed by atoms with Crippen molar-refractivity contribution in [2.24, 2.45) is 4.99 Å². The van der Waals surface area contributed by atoms with Crippen molar-refractivity contribution in [1.29, 1.82) is 0 Å². The number of Topliss-reactive ketones (excluding diaryl/α,β-unsaturated/α-hetero) is 1. The van der Waals surface area contributed by atoms with Gasteiger partial charge in [-0.2, -0.15) is 0 Å². The van der Waals surface area contributed by atoms with Gasteiger partial charge in [-0.15, -0.1) is 0 Å². The van der Waals surface area contributed by atoms with Crippen molar-refractivity contribution in [3.05, 3.63) is 92.8 Å². The summed E-state index contributed by atoms with van der Waals surface area (Å²) in [5.41, 5.74) is 4.08. The molecule has 0 unspecified atom stereocenters. The Labute approximate surface area is 211 Å². The van der Waals surface area contributed by atoms with E-state index in [0.29, 0.717) is 26.3 Å². The second-order valence-corrected chi connectivity index (χ2v) is 10.4. The van der Waals surface area contributed by atoms with Crippen LogP contribution in [-0.4, -0.2) is 23.9 Å². The molecule has 0 aromatic heterocycles. The van der Waals surface area contributed by atoms with Crippen molar-refractivity contribution < 1.29 is 9.59 Å². The number of carbonyl (C=O) groups is 2. The van der Waals surface area contributed by atoms with E-state index < -0.39 is 0 Å². The molecule has 0 atom stereocenters. The molecule has 2 heterocycles. The lowest BCUT2D eigenvalue weighted by atomic mass is 10.1. The fourth-order valence-electron chi connectivity index (χ4n) is 3.77. The highest BCUT2D eigenvalue weighted by Gasteiger charge is 2.40. The summed E-state index contributed by atoms with van der Waals surface area (Å²) in [4.78, 5) is 35.5. The number of ketones is 1. The van der Waals surface area contributed by atoms with E-state index in [-0.39, 0.29) is 11.7 Å². The van der Waals surface area contributed by atoms with Crippen molar-refractivity contribution in [2.45, 2.75) is 18.7 Å². The Morgan fingerprint density at radius 1 is 1.00 bits per heavy atom. The molecule has 0 N–H and O–H groups in total. The van der Waals surface area contributed by atoms with Gasteiger partial charge in [-0.05, 0) is 85.8 Å². The van der Waals surface area contributed by atoms with Crippen LogP contribution in [0.3, 0.4) is 0 Å². The fourth-order valence-corrected chi connectivity index (χ4v) is 6.26. The van der Waals surface area contributed by atoms with Crippen molar-refractivity contribution >= 4 is 69.0 Å². The monoisotopic (exact) mass is 505 g/mol. The third-order valence-electron chi connectivity index (χ3n) is 5.53. The number of amidine groups is 1. The number of halogens is 1. The van der Waals surface area contributed by atoms with Gasteiger partial charge in [0.15, 0.2) is 11.0 Å². The lowest BCUT2D eigenvalue weighted by Gasteiger charge is -2.17. The molecule has 5 rings (SSSR count). The zero-order chi connectivity index (χ0) is 24.0. The minimum Gasteiger partial charge on any atom is -0.337 e. The van der Waals surface area contributed by atoms with Crippen LogP contribution in [0.2, 0.25) is 5.02 Å². The summed E-state index contributed by atoms with van der Waals surface area (Å²) in [6.45, 7) is 3.53. The molecule has 1 fully saturated rings. The number of anilines is 2. The lowest BCUT2D eigenvalue weighted by Crippen LogP contribution is -2.29. The maximum absolute atomic E-state index is 13.8. The Bertz CT molecular complexity index is 1400. The molecular weight excluding hydrogens is 486 g/mol. The number of rotatable bonds is 3. The number of hydrogen-bond acceptors (Lipinski definition) is 6. The smallest absolute Gasteiger partial charge is 0.274 e. The van der Waals surface area contributed by atoms with Gasteiger partial charge in [0.2, 0.25) is 0 Å². The summed E-state index contributed by atoms with van der Waals surface area (Å²) >= 11 is 9.12. The second-order valence-electron chi connectivity index (χ2n) is 7.99. The van der Waals surface area contributed by atoms with Crippen molar-refractivity contribution in [3.8, 4) is 0 Å². The van der Waals surface area contributed by atoms with E-state index in [1.807, 2.05) is 61.3 Å². The molecule has 3 aromatic carbocycles. The third kappa shape index (κ3) is 4.15. The highest BCUT2D eigenvalue weighted by Crippen LogP contribution is 2.51. The Morgan fingerprint density at radius 3 is 2.47 bits per heavy atom. The van der Waals surface area contributed by atoms with E-state index in [2.05, 4.69) is 0 Å². The van der Waals surface area contributed by atoms with Crippen LogP contribution in [-0.2, 0) is 4.79 Å². The van der Waals surface area contributed by atoms with Gasteiger partial charge in [0.25, 0.3) is 5.91 Å². The summed E-state index contributed by atoms with van der Waals surface area (Å²) in [5.74, 6) is -0.123. The summed E-state index contributed by atoms with van der Waals surface area (Å²) in [6.07, 6.45) is 0. The molecule has 1 amide bonds. The molecule has 8 heteroatoms. The molecule has 34 heavy (non-hydrogen) atoms. The van der Waals surface area contributed by atoms with E-state index in [1.54, 1.807) is 40.9 Å². The summed E-state index contributed by atoms with van der Waals surface area (Å²) in [6, 6.07) is 20.6. The third-order valence-corrected chi connectivity index (χ3v) is 8.16. The Hall–Kier alpha value is -3.00. The summed E-state index contributed by atoms with van der Waals surface area (Å²) < 4.78 is 0. The first-order valence-corrected chi connectivity index (χ1v) is 12.6. The minimum absolute atomic E-state index is 0.000931. The van der Waals surface area contributed by atoms with Gasteiger partial charge in [-0.1, -0.05) is 35.5 Å². The predicted molar refractivity (Wildman–Crippen MR) is 143 cm³/mol. The molecule has 2 aliphatic rings. The quantitative estimate of drug-likeness (QED) is 0.282. The second kappa shape index (κ2) is 8.98. The van der Waals surface area contributed by atoms with Crippen LogP contribution in [0.1, 0.15) is 22.8 Å². The van der Waals surface area contributed by atoms with Gasteiger partial charge in [0.1, 0.15) is 4.91 Å². The first kappa shape index (κ1) is 22.8. The number of amides is 1. The SMILES string of the molecule is CC(=O)c1ccc(N=C2S/C(=C3\Sc4ccc(Cl)cc4N3C)C(=O)N2c2cccc(C)c2)cc1. The van der Waals surface area contributed by atoms with Gasteiger partial charge >= 0.3 is 0 Å². The molecule has 1 saturated heterocycles. The van der Waals surface area contributed by atoms with Gasteiger partial charge in [-0.3, -0.25) is 14.5 Å². The summed E-state index contributed by atoms with van der Waals surface area (Å²) in [7, 11) is 1.94. The first-order chi connectivity index (χ1) is 16.3. The Morgan fingerprint density at radius 2 is 1.76 bits per heavy atom. The lowest BCUT2D eigenvalue weighted by molar-refractivity contribution is -0.113. The molecule has 3 aromatic rings. The average molecular weight is 506 g/mol. The van der Waals surface area contributed by atoms with Crippen LogP contribution in [0.25, 0.3) is 0 Å². The highest BCUT2D eigenvalue weighted by atomic mass is 35.5. The van der Waals surface area contributed by atoms with E-state index in [1.165, 1.54) is 18.7 Å². The molecule has 170 valence electrons. The van der Waals surface area contributed by atoms with Crippen LogP contribution < -0.4 is 9.80 Å². The molecule has 0 spiro atoms. The zero-order valence-corrected chi connectivity index (χ0v) is 21.1. The number of carbonyl (C=O) groups excluding carboxylic acids is 2. The maximum atomic E-state index is 13.8. The van der Waals surface area contributed by atoms with Gasteiger partial charge < -0.3 is 4.90 Å². The molecule has 2 aliphatic heterocycles. The van der Waals surface area contributed by atoms with Crippen LogP contribution >= 0.6 is 35.1 Å². The number of aryl methyl sites for hydroxylation is 1. The maximum Gasteiger partial charge on any atom is 0.274 e. The van der Waals surface area contributed by atoms with Crippen molar-refractivity contribution in [3.63, 3.8) is 0 Å². The number of thioether (sulfide) groups is 2. The van der Waals surface area contributed by atoms with Crippen LogP contribution in [0.15, 0.2) is 86.6 Å². The predicted octanol–water partition coefficient (Wildman–Crippen LogP) is 7.03. The summed E-state index contributed by atoms with van der Waals surface area (Å²) in [5, 5.41) is 2.07. The standard InChI is InChI=1S/C26H20ClN3O2S2/c1-15-5-4-6-20(13-15)30-24(32)23(25-29(3)21-14-18(27)9-12-22(21)33-25)34-26(30)28-19-10-7-17(8-11-19)16(2)31/h4-14H,1-3H3/b25-23-,28-26?. The number of hydrogen-bond donors (Lipinski definition) is 0. The Balaban J connectivity index is 1.60. The van der Waals surface area contributed by atoms with Crippen LogP contribution in [0.5, 0.6) is 0 Å². The molecule has 5 nitrogen and oxygen atoms in total. The van der Waals surface area contributed by atoms with E-state index in [0.717, 1.165) is 26.9 Å². The molecule has 0 saturated carbocycles. The molecular formula is C26H20ClN3O2S2. The van der Waals surface area contributed by atoms with E-state index in [4.69, 9.17) is 16.6 Å². The highest BCUT2D eigenvalue weighted by molar-refractivity contribution is 8.20. The molecule has 0 radical (unpaired) electrons. The minimum atomic E-state index is -0.122. The number of fused-ring (bicyclic) bond motifs is 1. The van der Waals surface area contributed by atoms with Crippen molar-refractivity contribution in [1.82, 2.24) is 0 Å². The molecule has 0 aliphatic carbocycles. The normalized spacial score (nSPS) is 18.7. The average Bonchev–Trinajstić information content (AvgIpc) is 3.30. The first-order valence-electron chi connectivity index (χ1n) is 10.6. The fraction of sp³-hybridized carbons (Fsp3) is 0.115. The number of aliphatic imine (C=N–C) groups is 1. The molecule has 0 bridgehead atoms. The van der Waals surface area contributed by atoms with Crippen LogP contribution in [0, 0.1) is 6.92 Å². The zero-order valence-electron chi connectivity index (χ0n) is 18.7. The Kier molecular flexibility index (Phi) is 6.02. The van der Waals surface area contributed by atoms with E-state index >= 15 is 0 Å².